The zero-order valence-electron chi connectivity index (χ0n) is 8.74. The van der Waals surface area contributed by atoms with Gasteiger partial charge in [-0.15, -0.1) is 0 Å². The maximum atomic E-state index is 11.3. The van der Waals surface area contributed by atoms with E-state index in [1.54, 1.807) is 0 Å². The molecule has 0 unspecified atom stereocenters. The molecule has 1 heterocycles. The van der Waals surface area contributed by atoms with E-state index >= 15 is 0 Å². The highest BCUT2D eigenvalue weighted by atomic mass is 32.1. The number of nitrogens with zero attached hydrogens (tertiary/aromatic N) is 2. The zero-order chi connectivity index (χ0) is 13.0. The number of aromatic nitrogens is 1. The lowest BCUT2D eigenvalue weighted by Crippen LogP contribution is -2.33. The van der Waals surface area contributed by atoms with Gasteiger partial charge in [-0.05, 0) is 0 Å². The van der Waals surface area contributed by atoms with Crippen LogP contribution in [0.25, 0.3) is 0 Å². The van der Waals surface area contributed by atoms with Crippen molar-refractivity contribution in [3.63, 3.8) is 0 Å². The Bertz CT molecular complexity index is 458. The fourth-order valence-electron chi connectivity index (χ4n) is 0.908. The Balaban J connectivity index is 2.63. The standard InChI is InChI=1S/C8H9N3O5S/c1-4(12)11(15)6(13)2-5-3-17-8(10-5)16-7(9)14/h3,15H,2H2,1H3,(H2,9,14). The lowest BCUT2D eigenvalue weighted by molar-refractivity contribution is -0.176. The maximum Gasteiger partial charge on any atom is 0.411 e. The first-order valence-corrected chi connectivity index (χ1v) is 5.22. The summed E-state index contributed by atoms with van der Waals surface area (Å²) in [5.41, 5.74) is 5.03. The molecule has 0 fully saturated rings. The second-order valence-electron chi connectivity index (χ2n) is 2.93. The van der Waals surface area contributed by atoms with Gasteiger partial charge in [0.25, 0.3) is 11.1 Å². The molecule has 0 aliphatic rings. The van der Waals surface area contributed by atoms with Crippen LogP contribution < -0.4 is 10.5 Å². The van der Waals surface area contributed by atoms with Crippen molar-refractivity contribution in [1.29, 1.82) is 0 Å². The highest BCUT2D eigenvalue weighted by Crippen LogP contribution is 2.18. The highest BCUT2D eigenvalue weighted by Gasteiger charge is 2.17. The minimum atomic E-state index is -1.01. The van der Waals surface area contributed by atoms with E-state index < -0.39 is 17.9 Å². The molecule has 0 aliphatic heterocycles. The van der Waals surface area contributed by atoms with Gasteiger partial charge >= 0.3 is 6.09 Å². The number of amides is 3. The summed E-state index contributed by atoms with van der Waals surface area (Å²) in [4.78, 5) is 36.1. The smallest absolute Gasteiger partial charge is 0.381 e. The molecular weight excluding hydrogens is 250 g/mol. The molecule has 0 atom stereocenters. The first-order valence-electron chi connectivity index (χ1n) is 4.34. The number of rotatable bonds is 3. The molecule has 0 spiro atoms. The molecule has 0 bridgehead atoms. The summed E-state index contributed by atoms with van der Waals surface area (Å²) < 4.78 is 4.48. The second-order valence-corrected chi connectivity index (χ2v) is 3.75. The minimum absolute atomic E-state index is 0.00599. The van der Waals surface area contributed by atoms with Crippen molar-refractivity contribution in [2.24, 2.45) is 5.73 Å². The number of hydroxylamine groups is 2. The van der Waals surface area contributed by atoms with Crippen LogP contribution in [0.5, 0.6) is 5.19 Å². The number of nitrogens with two attached hydrogens (primary N) is 1. The molecule has 1 aromatic heterocycles. The molecule has 0 radical (unpaired) electrons. The number of hydrogen-bond donors (Lipinski definition) is 2. The van der Waals surface area contributed by atoms with Crippen LogP contribution in [0.15, 0.2) is 5.38 Å². The summed E-state index contributed by atoms with van der Waals surface area (Å²) in [5, 5.41) is 10.4. The molecule has 0 aliphatic carbocycles. The molecule has 92 valence electrons. The van der Waals surface area contributed by atoms with Crippen molar-refractivity contribution in [2.45, 2.75) is 13.3 Å². The Hall–Kier alpha value is -2.00. The fraction of sp³-hybridized carbons (Fsp3) is 0.250. The van der Waals surface area contributed by atoms with Crippen LogP contribution in [0.4, 0.5) is 4.79 Å². The molecule has 0 aromatic carbocycles. The monoisotopic (exact) mass is 259 g/mol. The van der Waals surface area contributed by atoms with E-state index in [9.17, 15) is 14.4 Å². The molecule has 9 heteroatoms. The van der Waals surface area contributed by atoms with Crippen molar-refractivity contribution in [3.05, 3.63) is 11.1 Å². The van der Waals surface area contributed by atoms with E-state index in [1.807, 2.05) is 0 Å². The van der Waals surface area contributed by atoms with Crippen molar-refractivity contribution >= 4 is 29.2 Å². The van der Waals surface area contributed by atoms with Crippen LogP contribution in [-0.4, -0.2) is 33.2 Å². The largest absolute Gasteiger partial charge is 0.411 e. The topological polar surface area (TPSA) is 123 Å². The van der Waals surface area contributed by atoms with E-state index in [2.05, 4.69) is 9.72 Å². The van der Waals surface area contributed by atoms with Gasteiger partial charge in [0.1, 0.15) is 0 Å². The van der Waals surface area contributed by atoms with Gasteiger partial charge in [0.05, 0.1) is 12.1 Å². The molecule has 1 aromatic rings. The second kappa shape index (κ2) is 5.37. The Morgan fingerprint density at radius 3 is 2.76 bits per heavy atom. The molecule has 0 saturated heterocycles. The van der Waals surface area contributed by atoms with Gasteiger partial charge in [0.2, 0.25) is 5.91 Å². The quantitative estimate of drug-likeness (QED) is 0.577. The third-order valence-electron chi connectivity index (χ3n) is 1.59. The average Bonchev–Trinajstić information content (AvgIpc) is 2.63. The first-order chi connectivity index (χ1) is 7.90. The lowest BCUT2D eigenvalue weighted by Gasteiger charge is -2.08. The number of imide groups is 1. The summed E-state index contributed by atoms with van der Waals surface area (Å²) in [5.74, 6) is -1.62. The number of ether oxygens (including phenoxy) is 1. The fourth-order valence-corrected chi connectivity index (χ4v) is 1.58. The van der Waals surface area contributed by atoms with E-state index in [0.29, 0.717) is 0 Å². The Kier molecular flexibility index (Phi) is 4.12. The van der Waals surface area contributed by atoms with Gasteiger partial charge in [0, 0.05) is 12.3 Å². The summed E-state index contributed by atoms with van der Waals surface area (Å²) in [6, 6.07) is 0. The van der Waals surface area contributed by atoms with E-state index in [-0.39, 0.29) is 22.4 Å². The SMILES string of the molecule is CC(=O)N(O)C(=O)Cc1csc(OC(N)=O)n1. The van der Waals surface area contributed by atoms with Gasteiger partial charge in [0.15, 0.2) is 0 Å². The van der Waals surface area contributed by atoms with Crippen LogP contribution in [0.2, 0.25) is 0 Å². The Morgan fingerprint density at radius 2 is 2.24 bits per heavy atom. The molecule has 0 saturated carbocycles. The predicted molar refractivity (Wildman–Crippen MR) is 55.3 cm³/mol. The molecule has 3 amide bonds. The third-order valence-corrected chi connectivity index (χ3v) is 2.35. The summed E-state index contributed by atoms with van der Waals surface area (Å²) in [6.45, 7) is 1.04. The summed E-state index contributed by atoms with van der Waals surface area (Å²) in [6.07, 6.45) is -1.29. The number of carbonyl (C=O) groups excluding carboxylic acids is 3. The Morgan fingerprint density at radius 1 is 1.59 bits per heavy atom. The maximum absolute atomic E-state index is 11.3. The number of thiazole rings is 1. The van der Waals surface area contributed by atoms with Gasteiger partial charge in [-0.2, -0.15) is 5.06 Å². The normalized spacial score (nSPS) is 9.76. The van der Waals surface area contributed by atoms with Crippen LogP contribution >= 0.6 is 11.3 Å². The van der Waals surface area contributed by atoms with Gasteiger partial charge < -0.3 is 10.5 Å². The van der Waals surface area contributed by atoms with Crippen molar-refractivity contribution in [3.8, 4) is 5.19 Å². The third kappa shape index (κ3) is 3.81. The summed E-state index contributed by atoms with van der Waals surface area (Å²) in [7, 11) is 0. The predicted octanol–water partition coefficient (Wildman–Crippen LogP) is -0.0926. The molecule has 1 rings (SSSR count). The first kappa shape index (κ1) is 13.1. The van der Waals surface area contributed by atoms with E-state index in [0.717, 1.165) is 18.3 Å². The number of hydrogen-bond acceptors (Lipinski definition) is 7. The molecule has 3 N–H and O–H groups in total. The molecular formula is C8H9N3O5S. The number of carbonyl (C=O) groups is 3. The molecule has 8 nitrogen and oxygen atoms in total. The van der Waals surface area contributed by atoms with Crippen LogP contribution in [-0.2, 0) is 16.0 Å². The Labute approximate surface area is 99.6 Å². The van der Waals surface area contributed by atoms with Crippen molar-refractivity contribution in [1.82, 2.24) is 10.0 Å². The lowest BCUT2D eigenvalue weighted by atomic mass is 10.3. The minimum Gasteiger partial charge on any atom is -0.381 e. The van der Waals surface area contributed by atoms with Crippen LogP contribution in [0.3, 0.4) is 0 Å². The van der Waals surface area contributed by atoms with Gasteiger partial charge in [-0.3, -0.25) is 14.8 Å². The van der Waals surface area contributed by atoms with Crippen molar-refractivity contribution in [2.75, 3.05) is 0 Å². The van der Waals surface area contributed by atoms with Gasteiger partial charge in [-0.25, -0.2) is 9.78 Å². The van der Waals surface area contributed by atoms with E-state index in [4.69, 9.17) is 10.9 Å². The van der Waals surface area contributed by atoms with Crippen LogP contribution in [0, 0.1) is 0 Å². The number of primary amides is 1. The van der Waals surface area contributed by atoms with Crippen LogP contribution in [0.1, 0.15) is 12.6 Å². The highest BCUT2D eigenvalue weighted by molar-refractivity contribution is 7.11. The van der Waals surface area contributed by atoms with E-state index in [1.165, 1.54) is 5.38 Å². The summed E-state index contributed by atoms with van der Waals surface area (Å²) >= 11 is 0.969. The van der Waals surface area contributed by atoms with Crippen molar-refractivity contribution < 1.29 is 24.3 Å². The molecule has 17 heavy (non-hydrogen) atoms. The average molecular weight is 259 g/mol. The zero-order valence-corrected chi connectivity index (χ0v) is 9.56. The van der Waals surface area contributed by atoms with Gasteiger partial charge in [-0.1, -0.05) is 11.3 Å².